The lowest BCUT2D eigenvalue weighted by molar-refractivity contribution is 0.0715. The number of carbonyl (C=O) groups is 2. The summed E-state index contributed by atoms with van der Waals surface area (Å²) in [5.41, 5.74) is 2.38. The van der Waals surface area contributed by atoms with Crippen molar-refractivity contribution in [2.24, 2.45) is 0 Å². The number of pyridine rings is 1. The van der Waals surface area contributed by atoms with E-state index >= 15 is 0 Å². The van der Waals surface area contributed by atoms with E-state index in [2.05, 4.69) is 12.2 Å². The van der Waals surface area contributed by atoms with Crippen molar-refractivity contribution in [2.75, 3.05) is 39.1 Å². The number of amides is 2. The maximum Gasteiger partial charge on any atom is 0.263 e. The zero-order valence-corrected chi connectivity index (χ0v) is 20.1. The molecule has 2 aromatic rings. The third-order valence-corrected chi connectivity index (χ3v) is 7.51. The van der Waals surface area contributed by atoms with E-state index in [0.29, 0.717) is 38.4 Å². The number of aromatic nitrogens is 1. The van der Waals surface area contributed by atoms with Crippen molar-refractivity contribution < 1.29 is 14.3 Å². The van der Waals surface area contributed by atoms with Crippen LogP contribution in [0.25, 0.3) is 0 Å². The summed E-state index contributed by atoms with van der Waals surface area (Å²) in [5, 5.41) is 2.94. The molecule has 2 aromatic heterocycles. The van der Waals surface area contributed by atoms with Gasteiger partial charge in [0.05, 0.1) is 27.0 Å². The molecule has 0 bridgehead atoms. The topological polar surface area (TPSA) is 71.5 Å². The Balaban J connectivity index is 1.62. The molecule has 0 saturated carbocycles. The Hall–Kier alpha value is -1.90. The number of piperidine rings is 1. The molecule has 2 amide bonds. The first-order valence-electron chi connectivity index (χ1n) is 10.8. The second-order valence-corrected chi connectivity index (χ2v) is 9.83. The van der Waals surface area contributed by atoms with Gasteiger partial charge in [-0.3, -0.25) is 14.6 Å². The number of aryl methyl sites for hydroxylation is 1. The molecule has 0 atom stereocenters. The molecule has 3 heterocycles. The van der Waals surface area contributed by atoms with E-state index in [9.17, 15) is 9.59 Å². The molecule has 0 radical (unpaired) electrons. The Morgan fingerprint density at radius 1 is 1.23 bits per heavy atom. The number of hydrogen-bond donors (Lipinski definition) is 1. The molecule has 0 unspecified atom stereocenters. The lowest BCUT2D eigenvalue weighted by Crippen LogP contribution is -2.38. The maximum absolute atomic E-state index is 12.8. The molecule has 0 spiro atoms. The van der Waals surface area contributed by atoms with E-state index in [1.54, 1.807) is 23.1 Å². The summed E-state index contributed by atoms with van der Waals surface area (Å²) in [6, 6.07) is 7.67. The van der Waals surface area contributed by atoms with Gasteiger partial charge in [-0.15, -0.1) is 23.1 Å². The minimum atomic E-state index is -0.107. The van der Waals surface area contributed by atoms with E-state index in [1.165, 1.54) is 0 Å². The van der Waals surface area contributed by atoms with E-state index in [4.69, 9.17) is 9.72 Å². The number of thiophene rings is 1. The molecule has 1 aliphatic heterocycles. The standard InChI is InChI=1S/C23H31N3O3S2/c1-4-14-29-15-11-24-22(27)18-6-5-16(2)25-21(18)17-9-12-26(13-10-17)23(28)19-7-8-20(30-3)31-19/h5-8,17H,4,9-15H2,1-3H3,(H,24,27). The third kappa shape index (κ3) is 6.30. The van der Waals surface area contributed by atoms with Crippen molar-refractivity contribution in [1.82, 2.24) is 15.2 Å². The predicted octanol–water partition coefficient (Wildman–Crippen LogP) is 4.35. The van der Waals surface area contributed by atoms with E-state index < -0.39 is 0 Å². The average molecular weight is 462 g/mol. The number of nitrogens with one attached hydrogen (secondary N) is 1. The molecule has 0 aromatic carbocycles. The smallest absolute Gasteiger partial charge is 0.263 e. The van der Waals surface area contributed by atoms with E-state index in [0.717, 1.165) is 39.7 Å². The largest absolute Gasteiger partial charge is 0.380 e. The van der Waals surface area contributed by atoms with Crippen LogP contribution in [0.1, 0.15) is 63.5 Å². The van der Waals surface area contributed by atoms with Crippen LogP contribution >= 0.6 is 23.1 Å². The highest BCUT2D eigenvalue weighted by molar-refractivity contribution is 8.00. The van der Waals surface area contributed by atoms with E-state index in [-0.39, 0.29) is 17.7 Å². The fraction of sp³-hybridized carbons (Fsp3) is 0.522. The first-order chi connectivity index (χ1) is 15.0. The fourth-order valence-electron chi connectivity index (χ4n) is 3.72. The monoisotopic (exact) mass is 461 g/mol. The molecule has 1 saturated heterocycles. The number of thioether (sulfide) groups is 1. The second-order valence-electron chi connectivity index (χ2n) is 7.64. The van der Waals surface area contributed by atoms with Crippen LogP contribution in [0.5, 0.6) is 0 Å². The second kappa shape index (κ2) is 11.6. The van der Waals surface area contributed by atoms with Gasteiger partial charge >= 0.3 is 0 Å². The molecule has 168 valence electrons. The van der Waals surface area contributed by atoms with Gasteiger partial charge in [0.1, 0.15) is 0 Å². The van der Waals surface area contributed by atoms with Crippen LogP contribution < -0.4 is 5.32 Å². The molecule has 3 rings (SSSR count). The van der Waals surface area contributed by atoms with Crippen molar-refractivity contribution in [3.05, 3.63) is 46.1 Å². The minimum Gasteiger partial charge on any atom is -0.380 e. The van der Waals surface area contributed by atoms with Crippen LogP contribution in [-0.2, 0) is 4.74 Å². The van der Waals surface area contributed by atoms with Gasteiger partial charge < -0.3 is 15.0 Å². The molecule has 1 N–H and O–H groups in total. The number of likely N-dealkylation sites (tertiary alicyclic amines) is 1. The van der Waals surface area contributed by atoms with Crippen molar-refractivity contribution in [1.29, 1.82) is 0 Å². The minimum absolute atomic E-state index is 0.103. The Morgan fingerprint density at radius 3 is 2.68 bits per heavy atom. The first-order valence-corrected chi connectivity index (χ1v) is 12.8. The molecule has 6 nitrogen and oxygen atoms in total. The van der Waals surface area contributed by atoms with Crippen LogP contribution in [0.2, 0.25) is 0 Å². The van der Waals surface area contributed by atoms with Gasteiger partial charge in [0.15, 0.2) is 0 Å². The molecule has 31 heavy (non-hydrogen) atoms. The van der Waals surface area contributed by atoms with Gasteiger partial charge in [-0.05, 0) is 56.7 Å². The Kier molecular flexibility index (Phi) is 8.92. The molecular weight excluding hydrogens is 430 g/mol. The lowest BCUT2D eigenvalue weighted by atomic mass is 9.89. The van der Waals surface area contributed by atoms with Crippen molar-refractivity contribution in [3.8, 4) is 0 Å². The predicted molar refractivity (Wildman–Crippen MR) is 126 cm³/mol. The van der Waals surface area contributed by atoms with Gasteiger partial charge in [0, 0.05) is 37.9 Å². The van der Waals surface area contributed by atoms with Crippen molar-refractivity contribution in [2.45, 2.75) is 43.2 Å². The molecule has 1 aliphatic rings. The number of ether oxygens (including phenoxy) is 1. The summed E-state index contributed by atoms with van der Waals surface area (Å²) in [5.74, 6) is 0.168. The Morgan fingerprint density at radius 2 is 2.00 bits per heavy atom. The van der Waals surface area contributed by atoms with Crippen molar-refractivity contribution >= 4 is 34.9 Å². The Labute approximate surface area is 192 Å². The number of nitrogens with zero attached hydrogens (tertiary/aromatic N) is 2. The highest BCUT2D eigenvalue weighted by Gasteiger charge is 2.28. The van der Waals surface area contributed by atoms with Crippen LogP contribution in [-0.4, -0.2) is 60.8 Å². The maximum atomic E-state index is 12.8. The summed E-state index contributed by atoms with van der Waals surface area (Å²) in [6.07, 6.45) is 4.60. The SMILES string of the molecule is CCCOCCNC(=O)c1ccc(C)nc1C1CCN(C(=O)c2ccc(SC)s2)CC1. The van der Waals surface area contributed by atoms with Crippen LogP contribution in [0.4, 0.5) is 0 Å². The molecule has 0 aliphatic carbocycles. The zero-order valence-electron chi connectivity index (χ0n) is 18.5. The summed E-state index contributed by atoms with van der Waals surface area (Å²) < 4.78 is 6.60. The highest BCUT2D eigenvalue weighted by Crippen LogP contribution is 2.32. The molecular formula is C23H31N3O3S2. The molecule has 8 heteroatoms. The summed E-state index contributed by atoms with van der Waals surface area (Å²) >= 11 is 3.21. The third-order valence-electron chi connectivity index (χ3n) is 5.35. The zero-order chi connectivity index (χ0) is 22.2. The van der Waals surface area contributed by atoms with Gasteiger partial charge in [-0.25, -0.2) is 0 Å². The van der Waals surface area contributed by atoms with Crippen LogP contribution in [0.15, 0.2) is 28.5 Å². The van der Waals surface area contributed by atoms with Crippen LogP contribution in [0, 0.1) is 6.92 Å². The molecule has 1 fully saturated rings. The number of hydrogen-bond acceptors (Lipinski definition) is 6. The number of rotatable bonds is 9. The summed E-state index contributed by atoms with van der Waals surface area (Å²) in [4.78, 5) is 33.0. The lowest BCUT2D eigenvalue weighted by Gasteiger charge is -2.32. The van der Waals surface area contributed by atoms with Gasteiger partial charge in [-0.2, -0.15) is 0 Å². The van der Waals surface area contributed by atoms with E-state index in [1.807, 2.05) is 42.3 Å². The Bertz CT molecular complexity index is 892. The summed E-state index contributed by atoms with van der Waals surface area (Å²) in [7, 11) is 0. The van der Waals surface area contributed by atoms with Gasteiger partial charge in [0.2, 0.25) is 0 Å². The average Bonchev–Trinajstić information content (AvgIpc) is 3.28. The van der Waals surface area contributed by atoms with Crippen molar-refractivity contribution in [3.63, 3.8) is 0 Å². The first kappa shape index (κ1) is 23.8. The van der Waals surface area contributed by atoms with Crippen LogP contribution in [0.3, 0.4) is 0 Å². The van der Waals surface area contributed by atoms with Gasteiger partial charge in [-0.1, -0.05) is 6.92 Å². The number of carbonyl (C=O) groups excluding carboxylic acids is 2. The summed E-state index contributed by atoms with van der Waals surface area (Å²) in [6.45, 7) is 7.06. The highest BCUT2D eigenvalue weighted by atomic mass is 32.2. The normalized spacial score (nSPS) is 14.6. The fourth-order valence-corrected chi connectivity index (χ4v) is 5.23. The quantitative estimate of drug-likeness (QED) is 0.444. The van der Waals surface area contributed by atoms with Gasteiger partial charge in [0.25, 0.3) is 11.8 Å².